The molecule has 0 bridgehead atoms. The summed E-state index contributed by atoms with van der Waals surface area (Å²) in [5, 5.41) is 0. The molecule has 0 radical (unpaired) electrons. The topological polar surface area (TPSA) is 35.5 Å². The number of carbonyl (C=O) groups excluding carboxylic acids is 1. The molecule has 1 atom stereocenters. The van der Waals surface area contributed by atoms with E-state index in [0.717, 1.165) is 12.0 Å². The lowest BCUT2D eigenvalue weighted by Gasteiger charge is -2.13. The van der Waals surface area contributed by atoms with Crippen LogP contribution in [-0.4, -0.2) is 26.1 Å². The SMILES string of the molecule is COC[C@H](C)Oc1ccc(C=O)cc1. The Kier molecular flexibility index (Phi) is 4.13. The smallest absolute Gasteiger partial charge is 0.150 e. The average Bonchev–Trinajstić information content (AvgIpc) is 2.19. The first-order valence-electron chi connectivity index (χ1n) is 4.47. The second-order valence-corrected chi connectivity index (χ2v) is 3.07. The summed E-state index contributed by atoms with van der Waals surface area (Å²) in [5.74, 6) is 0.750. The van der Waals surface area contributed by atoms with Gasteiger partial charge in [-0.25, -0.2) is 0 Å². The molecule has 0 unspecified atom stereocenters. The fourth-order valence-corrected chi connectivity index (χ4v) is 1.13. The first-order chi connectivity index (χ1) is 6.76. The molecule has 3 nitrogen and oxygen atoms in total. The van der Waals surface area contributed by atoms with Crippen LogP contribution in [0.5, 0.6) is 5.75 Å². The maximum Gasteiger partial charge on any atom is 0.150 e. The summed E-state index contributed by atoms with van der Waals surface area (Å²) in [5.41, 5.74) is 0.650. The van der Waals surface area contributed by atoms with Crippen molar-refractivity contribution in [3.8, 4) is 5.75 Å². The van der Waals surface area contributed by atoms with Crippen LogP contribution in [0.15, 0.2) is 24.3 Å². The van der Waals surface area contributed by atoms with E-state index >= 15 is 0 Å². The molecular formula is C11H14O3. The molecule has 14 heavy (non-hydrogen) atoms. The highest BCUT2D eigenvalue weighted by atomic mass is 16.5. The Bertz CT molecular complexity index is 279. The molecule has 1 aromatic rings. The van der Waals surface area contributed by atoms with Gasteiger partial charge in [0.1, 0.15) is 18.1 Å². The van der Waals surface area contributed by atoms with Gasteiger partial charge in [0.15, 0.2) is 0 Å². The Hall–Kier alpha value is -1.35. The van der Waals surface area contributed by atoms with Crippen molar-refractivity contribution in [1.82, 2.24) is 0 Å². The van der Waals surface area contributed by atoms with Gasteiger partial charge in [-0.1, -0.05) is 0 Å². The molecule has 0 aliphatic heterocycles. The highest BCUT2D eigenvalue weighted by Crippen LogP contribution is 2.12. The molecule has 76 valence electrons. The highest BCUT2D eigenvalue weighted by Gasteiger charge is 2.02. The van der Waals surface area contributed by atoms with Gasteiger partial charge in [0, 0.05) is 12.7 Å². The number of rotatable bonds is 5. The molecule has 1 rings (SSSR count). The number of carbonyl (C=O) groups is 1. The Morgan fingerprint density at radius 1 is 1.36 bits per heavy atom. The molecule has 0 amide bonds. The van der Waals surface area contributed by atoms with Crippen molar-refractivity contribution in [2.75, 3.05) is 13.7 Å². The Balaban J connectivity index is 2.55. The van der Waals surface area contributed by atoms with Gasteiger partial charge in [0.25, 0.3) is 0 Å². The predicted molar refractivity (Wildman–Crippen MR) is 53.8 cm³/mol. The van der Waals surface area contributed by atoms with Crippen LogP contribution in [0, 0.1) is 0 Å². The molecule has 0 spiro atoms. The van der Waals surface area contributed by atoms with Gasteiger partial charge in [0.05, 0.1) is 6.61 Å². The third-order valence-electron chi connectivity index (χ3n) is 1.75. The molecule has 0 fully saturated rings. The van der Waals surface area contributed by atoms with Crippen molar-refractivity contribution in [1.29, 1.82) is 0 Å². The van der Waals surface area contributed by atoms with Gasteiger partial charge in [-0.2, -0.15) is 0 Å². The predicted octanol–water partition coefficient (Wildman–Crippen LogP) is 1.91. The van der Waals surface area contributed by atoms with E-state index in [1.807, 2.05) is 6.92 Å². The average molecular weight is 194 g/mol. The van der Waals surface area contributed by atoms with E-state index < -0.39 is 0 Å². The largest absolute Gasteiger partial charge is 0.488 e. The quantitative estimate of drug-likeness (QED) is 0.672. The minimum absolute atomic E-state index is 0.0158. The third kappa shape index (κ3) is 3.18. The minimum Gasteiger partial charge on any atom is -0.488 e. The van der Waals surface area contributed by atoms with Gasteiger partial charge in [-0.15, -0.1) is 0 Å². The Morgan fingerprint density at radius 3 is 2.50 bits per heavy atom. The molecule has 1 aromatic carbocycles. The van der Waals surface area contributed by atoms with Crippen LogP contribution in [-0.2, 0) is 4.74 Å². The van der Waals surface area contributed by atoms with Crippen molar-refractivity contribution >= 4 is 6.29 Å². The fourth-order valence-electron chi connectivity index (χ4n) is 1.13. The molecule has 0 heterocycles. The van der Waals surface area contributed by atoms with Crippen LogP contribution in [0.25, 0.3) is 0 Å². The van der Waals surface area contributed by atoms with Crippen LogP contribution < -0.4 is 4.74 Å². The monoisotopic (exact) mass is 194 g/mol. The van der Waals surface area contributed by atoms with E-state index in [9.17, 15) is 4.79 Å². The van der Waals surface area contributed by atoms with E-state index in [0.29, 0.717) is 12.2 Å². The first kappa shape index (κ1) is 10.7. The zero-order valence-corrected chi connectivity index (χ0v) is 8.40. The summed E-state index contributed by atoms with van der Waals surface area (Å²) in [6, 6.07) is 7.00. The van der Waals surface area contributed by atoms with Crippen molar-refractivity contribution in [2.45, 2.75) is 13.0 Å². The lowest BCUT2D eigenvalue weighted by molar-refractivity contribution is 0.0920. The van der Waals surface area contributed by atoms with Gasteiger partial charge in [-0.05, 0) is 31.2 Å². The summed E-state index contributed by atoms with van der Waals surface area (Å²) >= 11 is 0. The molecule has 0 saturated carbocycles. The second-order valence-electron chi connectivity index (χ2n) is 3.07. The summed E-state index contributed by atoms with van der Waals surface area (Å²) in [4.78, 5) is 10.4. The molecule has 0 aromatic heterocycles. The van der Waals surface area contributed by atoms with Crippen LogP contribution in [0.1, 0.15) is 17.3 Å². The summed E-state index contributed by atoms with van der Waals surface area (Å²) in [6.07, 6.45) is 0.824. The van der Waals surface area contributed by atoms with E-state index in [4.69, 9.17) is 9.47 Å². The number of aldehydes is 1. The number of hydrogen-bond acceptors (Lipinski definition) is 3. The Labute approximate surface area is 83.6 Å². The molecule has 0 aliphatic rings. The van der Waals surface area contributed by atoms with E-state index in [1.165, 1.54) is 0 Å². The van der Waals surface area contributed by atoms with E-state index in [1.54, 1.807) is 31.4 Å². The normalized spacial score (nSPS) is 12.1. The van der Waals surface area contributed by atoms with Crippen LogP contribution >= 0.6 is 0 Å². The van der Waals surface area contributed by atoms with Crippen molar-refractivity contribution < 1.29 is 14.3 Å². The van der Waals surface area contributed by atoms with Gasteiger partial charge < -0.3 is 9.47 Å². The van der Waals surface area contributed by atoms with Crippen LogP contribution in [0.4, 0.5) is 0 Å². The zero-order chi connectivity index (χ0) is 10.4. The standard InChI is InChI=1S/C11H14O3/c1-9(8-13-2)14-11-5-3-10(7-12)4-6-11/h3-7,9H,8H2,1-2H3/t9-/m0/s1. The fraction of sp³-hybridized carbons (Fsp3) is 0.364. The zero-order valence-electron chi connectivity index (χ0n) is 8.40. The van der Waals surface area contributed by atoms with E-state index in [2.05, 4.69) is 0 Å². The Morgan fingerprint density at radius 2 is 2.00 bits per heavy atom. The summed E-state index contributed by atoms with van der Waals surface area (Å²) < 4.78 is 10.5. The second kappa shape index (κ2) is 5.40. The van der Waals surface area contributed by atoms with Crippen LogP contribution in [0.2, 0.25) is 0 Å². The molecule has 0 saturated heterocycles. The lowest BCUT2D eigenvalue weighted by Crippen LogP contribution is -2.17. The van der Waals surface area contributed by atoms with Crippen LogP contribution in [0.3, 0.4) is 0 Å². The summed E-state index contributed by atoms with van der Waals surface area (Å²) in [6.45, 7) is 2.48. The first-order valence-corrected chi connectivity index (χ1v) is 4.47. The molecular weight excluding hydrogens is 180 g/mol. The molecule has 0 N–H and O–H groups in total. The number of benzene rings is 1. The van der Waals surface area contributed by atoms with E-state index in [-0.39, 0.29) is 6.10 Å². The van der Waals surface area contributed by atoms with Gasteiger partial charge in [-0.3, -0.25) is 4.79 Å². The maximum absolute atomic E-state index is 10.4. The molecule has 3 heteroatoms. The minimum atomic E-state index is 0.0158. The van der Waals surface area contributed by atoms with Gasteiger partial charge >= 0.3 is 0 Å². The molecule has 0 aliphatic carbocycles. The summed E-state index contributed by atoms with van der Waals surface area (Å²) in [7, 11) is 1.63. The van der Waals surface area contributed by atoms with Crippen molar-refractivity contribution in [2.24, 2.45) is 0 Å². The number of hydrogen-bond donors (Lipinski definition) is 0. The third-order valence-corrected chi connectivity index (χ3v) is 1.75. The number of ether oxygens (including phenoxy) is 2. The number of methoxy groups -OCH3 is 1. The van der Waals surface area contributed by atoms with Crippen molar-refractivity contribution in [3.05, 3.63) is 29.8 Å². The van der Waals surface area contributed by atoms with Gasteiger partial charge in [0.2, 0.25) is 0 Å². The maximum atomic E-state index is 10.4. The van der Waals surface area contributed by atoms with Crippen molar-refractivity contribution in [3.63, 3.8) is 0 Å². The highest BCUT2D eigenvalue weighted by molar-refractivity contribution is 5.74. The lowest BCUT2D eigenvalue weighted by atomic mass is 10.2.